The predicted octanol–water partition coefficient (Wildman–Crippen LogP) is 2.81. The van der Waals surface area contributed by atoms with E-state index in [1.807, 2.05) is 0 Å². The summed E-state index contributed by atoms with van der Waals surface area (Å²) in [6.45, 7) is 1.98. The molecule has 9 nitrogen and oxygen atoms in total. The number of anilines is 1. The third-order valence-electron chi connectivity index (χ3n) is 5.61. The third-order valence-corrected chi connectivity index (χ3v) is 7.45. The molecule has 1 saturated heterocycles. The lowest BCUT2D eigenvalue weighted by molar-refractivity contribution is -0.137. The number of aromatic nitrogens is 2. The number of amides is 1. The summed E-state index contributed by atoms with van der Waals surface area (Å²) >= 11 is 0. The fraction of sp³-hybridized carbons (Fsp3) is 0.261. The standard InChI is InChI=1S/C23H23FN4O5S/c1-15-7-2-3-8-16(15)18(14-22(29)30)25-23(31)19-13-21(27-11-6-12-34(27,32)33)28(26-19)20-10-5-4-9-17(20)24/h2-5,7-10,13,18H,6,11-12,14H2,1H3,(H,25,31)(H,29,30)/t18-/m0/s1. The highest BCUT2D eigenvalue weighted by Crippen LogP contribution is 2.29. The lowest BCUT2D eigenvalue weighted by Crippen LogP contribution is -2.31. The van der Waals surface area contributed by atoms with Gasteiger partial charge in [-0.1, -0.05) is 36.4 Å². The van der Waals surface area contributed by atoms with E-state index in [1.54, 1.807) is 37.3 Å². The first-order valence-corrected chi connectivity index (χ1v) is 12.2. The lowest BCUT2D eigenvalue weighted by atomic mass is 9.98. The first-order chi connectivity index (χ1) is 16.2. The van der Waals surface area contributed by atoms with E-state index in [-0.39, 0.29) is 35.9 Å². The molecule has 0 saturated carbocycles. The Hall–Kier alpha value is -3.73. The average Bonchev–Trinajstić information content (AvgIpc) is 3.36. The van der Waals surface area contributed by atoms with Crippen LogP contribution < -0.4 is 9.62 Å². The number of nitrogens with zero attached hydrogens (tertiary/aromatic N) is 3. The zero-order valence-corrected chi connectivity index (χ0v) is 19.1. The molecule has 1 aliphatic rings. The maximum atomic E-state index is 14.6. The molecular weight excluding hydrogens is 463 g/mol. The van der Waals surface area contributed by atoms with Crippen LogP contribution in [-0.2, 0) is 14.8 Å². The molecule has 0 aliphatic carbocycles. The molecule has 1 amide bonds. The minimum Gasteiger partial charge on any atom is -0.481 e. The van der Waals surface area contributed by atoms with Crippen molar-refractivity contribution >= 4 is 27.7 Å². The van der Waals surface area contributed by atoms with E-state index in [4.69, 9.17) is 0 Å². The number of hydrogen-bond acceptors (Lipinski definition) is 5. The van der Waals surface area contributed by atoms with Crippen LogP contribution in [0.4, 0.5) is 10.2 Å². The Morgan fingerprint density at radius 3 is 2.53 bits per heavy atom. The molecule has 1 aromatic heterocycles. The van der Waals surface area contributed by atoms with Crippen LogP contribution in [-0.4, -0.2) is 47.5 Å². The van der Waals surface area contributed by atoms with Crippen LogP contribution in [0.15, 0.2) is 54.6 Å². The molecule has 178 valence electrons. The van der Waals surface area contributed by atoms with Gasteiger partial charge in [0, 0.05) is 12.6 Å². The number of carbonyl (C=O) groups is 2. The summed E-state index contributed by atoms with van der Waals surface area (Å²) in [5.74, 6) is -2.47. The average molecular weight is 487 g/mol. The van der Waals surface area contributed by atoms with Crippen LogP contribution >= 0.6 is 0 Å². The predicted molar refractivity (Wildman–Crippen MR) is 123 cm³/mol. The first kappa shape index (κ1) is 23.4. The molecule has 0 unspecified atom stereocenters. The molecule has 2 heterocycles. The molecule has 2 N–H and O–H groups in total. The quantitative estimate of drug-likeness (QED) is 0.530. The number of aryl methyl sites for hydroxylation is 1. The van der Waals surface area contributed by atoms with Crippen LogP contribution in [0.2, 0.25) is 0 Å². The molecule has 1 aliphatic heterocycles. The van der Waals surface area contributed by atoms with Crippen molar-refractivity contribution in [3.8, 4) is 5.69 Å². The number of carboxylic acid groups (broad SMARTS) is 1. The van der Waals surface area contributed by atoms with Crippen LogP contribution in [0.25, 0.3) is 5.69 Å². The van der Waals surface area contributed by atoms with Gasteiger partial charge in [-0.05, 0) is 36.6 Å². The summed E-state index contributed by atoms with van der Waals surface area (Å²) in [5.41, 5.74) is 1.26. The zero-order valence-electron chi connectivity index (χ0n) is 18.3. The second-order valence-corrected chi connectivity index (χ2v) is 9.99. The summed E-state index contributed by atoms with van der Waals surface area (Å²) in [5, 5.41) is 16.3. The minimum atomic E-state index is -3.64. The molecule has 0 bridgehead atoms. The fourth-order valence-corrected chi connectivity index (χ4v) is 5.52. The highest BCUT2D eigenvalue weighted by atomic mass is 32.2. The largest absolute Gasteiger partial charge is 0.481 e. The maximum Gasteiger partial charge on any atom is 0.305 e. The van der Waals surface area contributed by atoms with Gasteiger partial charge in [-0.25, -0.2) is 17.5 Å². The number of nitrogens with one attached hydrogen (secondary N) is 1. The number of benzene rings is 2. The van der Waals surface area contributed by atoms with Gasteiger partial charge in [-0.3, -0.25) is 13.9 Å². The molecular formula is C23H23FN4O5S. The normalized spacial score (nSPS) is 15.8. The van der Waals surface area contributed by atoms with Gasteiger partial charge in [-0.2, -0.15) is 5.10 Å². The van der Waals surface area contributed by atoms with Crippen molar-refractivity contribution in [2.45, 2.75) is 25.8 Å². The Bertz CT molecular complexity index is 1350. The van der Waals surface area contributed by atoms with Gasteiger partial charge >= 0.3 is 5.97 Å². The second kappa shape index (κ2) is 9.26. The van der Waals surface area contributed by atoms with Gasteiger partial charge in [0.2, 0.25) is 10.0 Å². The number of sulfonamides is 1. The van der Waals surface area contributed by atoms with Crippen molar-refractivity contribution in [1.29, 1.82) is 0 Å². The monoisotopic (exact) mass is 486 g/mol. The number of aliphatic carboxylic acids is 1. The third kappa shape index (κ3) is 4.65. The highest BCUT2D eigenvalue weighted by molar-refractivity contribution is 7.93. The molecule has 0 spiro atoms. The molecule has 1 fully saturated rings. The Balaban J connectivity index is 1.74. The van der Waals surface area contributed by atoms with E-state index in [0.717, 1.165) is 14.6 Å². The van der Waals surface area contributed by atoms with Crippen molar-refractivity contribution in [2.75, 3.05) is 16.6 Å². The number of para-hydroxylation sites is 1. The van der Waals surface area contributed by atoms with Gasteiger partial charge in [0.1, 0.15) is 17.3 Å². The highest BCUT2D eigenvalue weighted by Gasteiger charge is 2.33. The molecule has 34 heavy (non-hydrogen) atoms. The SMILES string of the molecule is Cc1ccccc1[C@H](CC(=O)O)NC(=O)c1cc(N2CCCS2(=O)=O)n(-c2ccccc2F)n1. The number of hydrogen-bond donors (Lipinski definition) is 2. The summed E-state index contributed by atoms with van der Waals surface area (Å²) < 4.78 is 41.9. The van der Waals surface area contributed by atoms with E-state index >= 15 is 0 Å². The molecule has 3 aromatic rings. The first-order valence-electron chi connectivity index (χ1n) is 10.6. The summed E-state index contributed by atoms with van der Waals surface area (Å²) in [6, 6.07) is 13.2. The number of carbonyl (C=O) groups excluding carboxylic acids is 1. The van der Waals surface area contributed by atoms with E-state index in [0.29, 0.717) is 12.0 Å². The topological polar surface area (TPSA) is 122 Å². The Morgan fingerprint density at radius 1 is 1.18 bits per heavy atom. The maximum absolute atomic E-state index is 14.6. The van der Waals surface area contributed by atoms with E-state index in [1.165, 1.54) is 24.3 Å². The molecule has 1 atom stereocenters. The number of rotatable bonds is 7. The molecule has 4 rings (SSSR count). The van der Waals surface area contributed by atoms with Gasteiger partial charge in [0.05, 0.1) is 18.2 Å². The Morgan fingerprint density at radius 2 is 1.88 bits per heavy atom. The minimum absolute atomic E-state index is 0.0142. The van der Waals surface area contributed by atoms with Crippen LogP contribution in [0.1, 0.15) is 40.5 Å². The van der Waals surface area contributed by atoms with Gasteiger partial charge in [0.25, 0.3) is 5.91 Å². The van der Waals surface area contributed by atoms with Crippen molar-refractivity contribution < 1.29 is 27.5 Å². The van der Waals surface area contributed by atoms with Crippen molar-refractivity contribution in [1.82, 2.24) is 15.1 Å². The Labute approximate surface area is 195 Å². The molecule has 0 radical (unpaired) electrons. The summed E-state index contributed by atoms with van der Waals surface area (Å²) in [6.07, 6.45) is 0.0261. The van der Waals surface area contributed by atoms with Crippen LogP contribution in [0.3, 0.4) is 0 Å². The van der Waals surface area contributed by atoms with Crippen LogP contribution in [0, 0.1) is 12.7 Å². The zero-order chi connectivity index (χ0) is 24.5. The van der Waals surface area contributed by atoms with Gasteiger partial charge < -0.3 is 10.4 Å². The van der Waals surface area contributed by atoms with E-state index in [2.05, 4.69) is 10.4 Å². The van der Waals surface area contributed by atoms with Crippen molar-refractivity contribution in [2.24, 2.45) is 0 Å². The van der Waals surface area contributed by atoms with Gasteiger partial charge in [0.15, 0.2) is 5.69 Å². The second-order valence-electron chi connectivity index (χ2n) is 7.97. The van der Waals surface area contributed by atoms with E-state index < -0.39 is 33.8 Å². The summed E-state index contributed by atoms with van der Waals surface area (Å²) in [7, 11) is -3.64. The summed E-state index contributed by atoms with van der Waals surface area (Å²) in [4.78, 5) is 24.6. The van der Waals surface area contributed by atoms with Crippen molar-refractivity contribution in [3.05, 3.63) is 77.2 Å². The number of carboxylic acids is 1. The molecule has 2 aromatic carbocycles. The van der Waals surface area contributed by atoms with Crippen molar-refractivity contribution in [3.63, 3.8) is 0 Å². The van der Waals surface area contributed by atoms with E-state index in [9.17, 15) is 27.5 Å². The number of halogens is 1. The van der Waals surface area contributed by atoms with Gasteiger partial charge in [-0.15, -0.1) is 0 Å². The smallest absolute Gasteiger partial charge is 0.305 e. The Kier molecular flexibility index (Phi) is 6.38. The fourth-order valence-electron chi connectivity index (χ4n) is 3.98. The van der Waals surface area contributed by atoms with Crippen LogP contribution in [0.5, 0.6) is 0 Å². The lowest BCUT2D eigenvalue weighted by Gasteiger charge is -2.18. The molecule has 11 heteroatoms.